The summed E-state index contributed by atoms with van der Waals surface area (Å²) in [4.78, 5) is 4.32. The minimum absolute atomic E-state index is 0.201. The molecule has 1 aliphatic rings. The predicted octanol–water partition coefficient (Wildman–Crippen LogP) is 3.20. The Morgan fingerprint density at radius 1 is 1.41 bits per heavy atom. The van der Waals surface area contributed by atoms with Crippen molar-refractivity contribution in [3.63, 3.8) is 0 Å². The number of nitrogens with one attached hydrogen (secondary N) is 1. The molecule has 0 amide bonds. The zero-order chi connectivity index (χ0) is 20.7. The van der Waals surface area contributed by atoms with Gasteiger partial charge < -0.3 is 20.3 Å². The Hall–Kier alpha value is -2.52. The van der Waals surface area contributed by atoms with Crippen LogP contribution in [0, 0.1) is 5.82 Å². The van der Waals surface area contributed by atoms with Crippen molar-refractivity contribution in [1.29, 1.82) is 0 Å². The molecule has 1 saturated heterocycles. The minimum Gasteiger partial charge on any atom is -0.393 e. The summed E-state index contributed by atoms with van der Waals surface area (Å²) in [5.74, 6) is -0.310. The number of fused-ring (bicyclic) bond motifs is 1. The van der Waals surface area contributed by atoms with Gasteiger partial charge in [-0.2, -0.15) is 5.10 Å². The van der Waals surface area contributed by atoms with Crippen LogP contribution in [0.3, 0.4) is 0 Å². The van der Waals surface area contributed by atoms with Crippen molar-refractivity contribution in [3.05, 3.63) is 65.2 Å². The van der Waals surface area contributed by atoms with Gasteiger partial charge in [-0.05, 0) is 24.6 Å². The molecular formula is C20H20ClFN4O3. The first kappa shape index (κ1) is 19.8. The van der Waals surface area contributed by atoms with Gasteiger partial charge in [0.25, 0.3) is 0 Å². The lowest BCUT2D eigenvalue weighted by atomic mass is 10.1. The molecular weight excluding hydrogens is 399 g/mol. The molecule has 3 N–H and O–H groups in total. The SMILES string of the molecule is C=C1[C@@H](O)[C@H](n2ncc3c(N[C@@H](C)c4ccccc4F)cc(Cl)nc32)O[C@@H]1CO. The number of aliphatic hydroxyl groups is 2. The molecule has 3 heterocycles. The number of anilines is 1. The molecule has 2 aromatic heterocycles. The van der Waals surface area contributed by atoms with Crippen LogP contribution in [0.15, 0.2) is 48.7 Å². The largest absolute Gasteiger partial charge is 0.393 e. The fourth-order valence-corrected chi connectivity index (χ4v) is 3.67. The smallest absolute Gasteiger partial charge is 0.183 e. The van der Waals surface area contributed by atoms with E-state index in [2.05, 4.69) is 22.0 Å². The Bertz CT molecular complexity index is 1070. The number of ether oxygens (including phenoxy) is 1. The predicted molar refractivity (Wildman–Crippen MR) is 107 cm³/mol. The van der Waals surface area contributed by atoms with Crippen LogP contribution in [0.2, 0.25) is 5.15 Å². The molecule has 152 valence electrons. The second kappa shape index (κ2) is 7.72. The zero-order valence-electron chi connectivity index (χ0n) is 15.6. The lowest BCUT2D eigenvalue weighted by Crippen LogP contribution is -2.21. The van der Waals surface area contributed by atoms with Crippen LogP contribution < -0.4 is 5.32 Å². The van der Waals surface area contributed by atoms with Gasteiger partial charge in [-0.3, -0.25) is 0 Å². The van der Waals surface area contributed by atoms with Crippen LogP contribution in [0.1, 0.15) is 24.8 Å². The summed E-state index contributed by atoms with van der Waals surface area (Å²) in [6, 6.07) is 7.82. The molecule has 1 fully saturated rings. The van der Waals surface area contributed by atoms with Crippen LogP contribution in [0.5, 0.6) is 0 Å². The number of pyridine rings is 1. The third-order valence-electron chi connectivity index (χ3n) is 5.05. The van der Waals surface area contributed by atoms with Crippen molar-refractivity contribution in [2.24, 2.45) is 0 Å². The van der Waals surface area contributed by atoms with E-state index < -0.39 is 18.4 Å². The van der Waals surface area contributed by atoms with Gasteiger partial charge in [0, 0.05) is 5.56 Å². The van der Waals surface area contributed by atoms with Gasteiger partial charge in [-0.25, -0.2) is 14.1 Å². The van der Waals surface area contributed by atoms with Crippen molar-refractivity contribution in [2.45, 2.75) is 31.4 Å². The second-order valence-electron chi connectivity index (χ2n) is 6.92. The molecule has 7 nitrogen and oxygen atoms in total. The zero-order valence-corrected chi connectivity index (χ0v) is 16.3. The van der Waals surface area contributed by atoms with E-state index in [1.807, 2.05) is 6.92 Å². The van der Waals surface area contributed by atoms with Crippen molar-refractivity contribution in [3.8, 4) is 0 Å². The average molecular weight is 419 g/mol. The highest BCUT2D eigenvalue weighted by Gasteiger charge is 2.39. The van der Waals surface area contributed by atoms with Gasteiger partial charge in [0.15, 0.2) is 11.9 Å². The standard InChI is InChI=1S/C20H20ClFN4O3/c1-10-16(9-27)29-20(18(10)28)26-19-13(8-23-26)15(7-17(21)25-19)24-11(2)12-5-3-4-6-14(12)22/h3-8,11,16,18,20,27-28H,1,9H2,2H3,(H,24,25)/t11-,16+,18+,20+/m0/s1. The summed E-state index contributed by atoms with van der Waals surface area (Å²) < 4.78 is 21.2. The van der Waals surface area contributed by atoms with Crippen molar-refractivity contribution in [1.82, 2.24) is 14.8 Å². The fraction of sp³-hybridized carbons (Fsp3) is 0.300. The molecule has 4 atom stereocenters. The Morgan fingerprint density at radius 3 is 2.86 bits per heavy atom. The summed E-state index contributed by atoms with van der Waals surface area (Å²) in [6.45, 7) is 5.31. The molecule has 29 heavy (non-hydrogen) atoms. The second-order valence-corrected chi connectivity index (χ2v) is 7.31. The average Bonchev–Trinajstić information content (AvgIpc) is 3.23. The molecule has 1 aliphatic heterocycles. The quantitative estimate of drug-likeness (QED) is 0.435. The number of aliphatic hydroxyl groups excluding tert-OH is 2. The van der Waals surface area contributed by atoms with E-state index in [4.69, 9.17) is 16.3 Å². The highest BCUT2D eigenvalue weighted by Crippen LogP contribution is 2.36. The van der Waals surface area contributed by atoms with Crippen LogP contribution in [-0.2, 0) is 4.74 Å². The Morgan fingerprint density at radius 2 is 2.17 bits per heavy atom. The van der Waals surface area contributed by atoms with Crippen LogP contribution in [-0.4, -0.2) is 43.8 Å². The maximum Gasteiger partial charge on any atom is 0.183 e. The molecule has 4 rings (SSSR count). The monoisotopic (exact) mass is 418 g/mol. The highest BCUT2D eigenvalue weighted by molar-refractivity contribution is 6.30. The molecule has 0 unspecified atom stereocenters. The lowest BCUT2D eigenvalue weighted by Gasteiger charge is -2.18. The van der Waals surface area contributed by atoms with Crippen LogP contribution >= 0.6 is 11.6 Å². The number of aromatic nitrogens is 3. The van der Waals surface area contributed by atoms with Crippen LogP contribution in [0.25, 0.3) is 11.0 Å². The Balaban J connectivity index is 1.71. The van der Waals surface area contributed by atoms with Gasteiger partial charge in [0.05, 0.1) is 29.9 Å². The Kier molecular flexibility index (Phi) is 5.26. The molecule has 0 bridgehead atoms. The molecule has 1 aromatic carbocycles. The number of halogens is 2. The maximum atomic E-state index is 14.1. The summed E-state index contributed by atoms with van der Waals surface area (Å²) in [5, 5.41) is 28.2. The van der Waals surface area contributed by atoms with E-state index in [-0.39, 0.29) is 23.6 Å². The van der Waals surface area contributed by atoms with Gasteiger partial charge in [-0.1, -0.05) is 36.4 Å². The van der Waals surface area contributed by atoms with Gasteiger partial charge in [0.2, 0.25) is 0 Å². The van der Waals surface area contributed by atoms with Crippen LogP contribution in [0.4, 0.5) is 10.1 Å². The van der Waals surface area contributed by atoms with E-state index in [1.165, 1.54) is 10.7 Å². The molecule has 3 aromatic rings. The topological polar surface area (TPSA) is 92.4 Å². The van der Waals surface area contributed by atoms with E-state index in [1.54, 1.807) is 30.5 Å². The number of benzene rings is 1. The van der Waals surface area contributed by atoms with Crippen molar-refractivity contribution in [2.75, 3.05) is 11.9 Å². The van der Waals surface area contributed by atoms with Gasteiger partial charge >= 0.3 is 0 Å². The fourth-order valence-electron chi connectivity index (χ4n) is 3.49. The lowest BCUT2D eigenvalue weighted by molar-refractivity contribution is -0.0545. The highest BCUT2D eigenvalue weighted by atomic mass is 35.5. The molecule has 0 spiro atoms. The summed E-state index contributed by atoms with van der Waals surface area (Å²) in [7, 11) is 0. The number of nitrogens with zero attached hydrogens (tertiary/aromatic N) is 3. The number of rotatable bonds is 5. The molecule has 9 heteroatoms. The molecule has 0 aliphatic carbocycles. The Labute approximate surface area is 171 Å². The summed E-state index contributed by atoms with van der Waals surface area (Å²) >= 11 is 6.21. The molecule has 0 radical (unpaired) electrons. The number of hydrogen-bond donors (Lipinski definition) is 3. The third-order valence-corrected chi connectivity index (χ3v) is 5.25. The first-order chi connectivity index (χ1) is 13.9. The first-order valence-electron chi connectivity index (χ1n) is 9.08. The summed E-state index contributed by atoms with van der Waals surface area (Å²) in [6.07, 6.45) is -1.06. The van der Waals surface area contributed by atoms with Gasteiger partial charge in [-0.15, -0.1) is 0 Å². The maximum absolute atomic E-state index is 14.1. The first-order valence-corrected chi connectivity index (χ1v) is 9.46. The van der Waals surface area contributed by atoms with Crippen molar-refractivity contribution >= 4 is 28.3 Å². The van der Waals surface area contributed by atoms with E-state index in [0.29, 0.717) is 27.9 Å². The number of hydrogen-bond acceptors (Lipinski definition) is 6. The van der Waals surface area contributed by atoms with E-state index >= 15 is 0 Å². The van der Waals surface area contributed by atoms with E-state index in [0.717, 1.165) is 0 Å². The normalized spacial score (nSPS) is 22.9. The van der Waals surface area contributed by atoms with E-state index in [9.17, 15) is 14.6 Å². The minimum atomic E-state index is -1.05. The molecule has 0 saturated carbocycles. The third kappa shape index (κ3) is 3.49. The van der Waals surface area contributed by atoms with Gasteiger partial charge in [0.1, 0.15) is 23.2 Å². The summed E-state index contributed by atoms with van der Waals surface area (Å²) in [5.41, 5.74) is 1.88. The van der Waals surface area contributed by atoms with Crippen molar-refractivity contribution < 1.29 is 19.3 Å².